The number of carboxylic acids is 1. The van der Waals surface area contributed by atoms with E-state index in [1.807, 2.05) is 6.26 Å². The van der Waals surface area contributed by atoms with E-state index in [-0.39, 0.29) is 0 Å². The van der Waals surface area contributed by atoms with E-state index < -0.39 is 11.4 Å². The molecular formula is C13H18O2S. The Labute approximate surface area is 101 Å². The molecule has 0 atom stereocenters. The van der Waals surface area contributed by atoms with Crippen LogP contribution in [0.25, 0.3) is 0 Å². The van der Waals surface area contributed by atoms with E-state index in [1.54, 1.807) is 25.6 Å². The van der Waals surface area contributed by atoms with Gasteiger partial charge in [-0.3, -0.25) is 4.79 Å². The maximum atomic E-state index is 10.9. The fourth-order valence-electron chi connectivity index (χ4n) is 1.36. The summed E-state index contributed by atoms with van der Waals surface area (Å²) in [6.07, 6.45) is 3.53. The Balaban J connectivity index is 2.58. The van der Waals surface area contributed by atoms with Crippen LogP contribution in [0.3, 0.4) is 0 Å². The summed E-state index contributed by atoms with van der Waals surface area (Å²) in [4.78, 5) is 12.2. The highest BCUT2D eigenvalue weighted by molar-refractivity contribution is 7.98. The van der Waals surface area contributed by atoms with Crippen LogP contribution in [0.4, 0.5) is 0 Å². The van der Waals surface area contributed by atoms with Gasteiger partial charge in [0.2, 0.25) is 0 Å². The maximum absolute atomic E-state index is 10.9. The topological polar surface area (TPSA) is 37.3 Å². The Morgan fingerprint density at radius 3 is 2.31 bits per heavy atom. The van der Waals surface area contributed by atoms with Gasteiger partial charge in [0.05, 0.1) is 5.41 Å². The lowest BCUT2D eigenvalue weighted by Gasteiger charge is -2.18. The Kier molecular flexibility index (Phi) is 4.42. The summed E-state index contributed by atoms with van der Waals surface area (Å²) < 4.78 is 0. The predicted octanol–water partition coefficient (Wildman–Crippen LogP) is 3.45. The zero-order valence-electron chi connectivity index (χ0n) is 9.99. The Bertz CT molecular complexity index is 355. The van der Waals surface area contributed by atoms with E-state index in [0.29, 0.717) is 6.42 Å². The largest absolute Gasteiger partial charge is 0.481 e. The van der Waals surface area contributed by atoms with Gasteiger partial charge in [0.1, 0.15) is 0 Å². The minimum atomic E-state index is -0.728. The Morgan fingerprint density at radius 2 is 1.88 bits per heavy atom. The molecule has 0 radical (unpaired) electrons. The lowest BCUT2D eigenvalue weighted by Crippen LogP contribution is -2.24. The highest BCUT2D eigenvalue weighted by atomic mass is 32.2. The average molecular weight is 238 g/mol. The van der Waals surface area contributed by atoms with Crippen molar-refractivity contribution in [3.05, 3.63) is 29.8 Å². The molecule has 0 saturated heterocycles. The van der Waals surface area contributed by atoms with E-state index in [1.165, 1.54) is 10.5 Å². The molecule has 16 heavy (non-hydrogen) atoms. The van der Waals surface area contributed by atoms with Crippen LogP contribution in [0.15, 0.2) is 29.2 Å². The molecule has 0 aromatic heterocycles. The molecule has 3 heteroatoms. The number of carbonyl (C=O) groups is 1. The van der Waals surface area contributed by atoms with Crippen molar-refractivity contribution < 1.29 is 9.90 Å². The molecule has 0 spiro atoms. The van der Waals surface area contributed by atoms with Gasteiger partial charge >= 0.3 is 5.97 Å². The molecule has 0 aliphatic rings. The average Bonchev–Trinajstić information content (AvgIpc) is 2.27. The van der Waals surface area contributed by atoms with E-state index in [2.05, 4.69) is 24.3 Å². The van der Waals surface area contributed by atoms with Crippen molar-refractivity contribution in [3.8, 4) is 0 Å². The molecule has 0 aliphatic carbocycles. The summed E-state index contributed by atoms with van der Waals surface area (Å²) in [5, 5.41) is 9.00. The molecule has 0 bridgehead atoms. The monoisotopic (exact) mass is 238 g/mol. The van der Waals surface area contributed by atoms with Crippen LogP contribution in [0.1, 0.15) is 25.8 Å². The zero-order valence-corrected chi connectivity index (χ0v) is 10.8. The molecular weight excluding hydrogens is 220 g/mol. The summed E-state index contributed by atoms with van der Waals surface area (Å²) in [6, 6.07) is 8.30. The number of rotatable bonds is 5. The first-order valence-electron chi connectivity index (χ1n) is 5.32. The minimum Gasteiger partial charge on any atom is -0.481 e. The number of aryl methyl sites for hydroxylation is 1. The molecule has 0 aliphatic heterocycles. The summed E-state index contributed by atoms with van der Waals surface area (Å²) >= 11 is 1.71. The van der Waals surface area contributed by atoms with Crippen LogP contribution < -0.4 is 0 Å². The van der Waals surface area contributed by atoms with Crippen LogP contribution in [-0.2, 0) is 11.2 Å². The molecule has 2 nitrogen and oxygen atoms in total. The van der Waals surface area contributed by atoms with Gasteiger partial charge < -0.3 is 5.11 Å². The fraction of sp³-hybridized carbons (Fsp3) is 0.462. The maximum Gasteiger partial charge on any atom is 0.309 e. The second-order valence-corrected chi connectivity index (χ2v) is 5.42. The number of hydrogen-bond donors (Lipinski definition) is 1. The van der Waals surface area contributed by atoms with Crippen molar-refractivity contribution in [2.24, 2.45) is 5.41 Å². The highest BCUT2D eigenvalue weighted by Crippen LogP contribution is 2.24. The second-order valence-electron chi connectivity index (χ2n) is 4.54. The Morgan fingerprint density at radius 1 is 1.31 bits per heavy atom. The van der Waals surface area contributed by atoms with E-state index in [9.17, 15) is 4.79 Å². The standard InChI is InChI=1S/C13H18O2S/c1-13(2,12(14)15)9-8-10-4-6-11(16-3)7-5-10/h4-7H,8-9H2,1-3H3,(H,14,15). The zero-order chi connectivity index (χ0) is 12.2. The minimum absolute atomic E-state index is 0.641. The first-order valence-corrected chi connectivity index (χ1v) is 6.54. The van der Waals surface area contributed by atoms with Crippen LogP contribution in [0.5, 0.6) is 0 Å². The first-order chi connectivity index (χ1) is 7.45. The van der Waals surface area contributed by atoms with Gasteiger partial charge in [-0.15, -0.1) is 11.8 Å². The lowest BCUT2D eigenvalue weighted by molar-refractivity contribution is -0.147. The third-order valence-corrected chi connectivity index (χ3v) is 3.52. The summed E-state index contributed by atoms with van der Waals surface area (Å²) in [6.45, 7) is 3.54. The Hall–Kier alpha value is -0.960. The summed E-state index contributed by atoms with van der Waals surface area (Å²) in [5.41, 5.74) is 0.560. The highest BCUT2D eigenvalue weighted by Gasteiger charge is 2.26. The van der Waals surface area contributed by atoms with Crippen molar-refractivity contribution >= 4 is 17.7 Å². The van der Waals surface area contributed by atoms with Gasteiger partial charge in [-0.1, -0.05) is 12.1 Å². The third kappa shape index (κ3) is 3.56. The van der Waals surface area contributed by atoms with Crippen molar-refractivity contribution in [2.75, 3.05) is 6.26 Å². The number of carboxylic acid groups (broad SMARTS) is 1. The molecule has 1 aromatic carbocycles. The predicted molar refractivity (Wildman–Crippen MR) is 68.0 cm³/mol. The smallest absolute Gasteiger partial charge is 0.309 e. The van der Waals surface area contributed by atoms with Gasteiger partial charge in [0, 0.05) is 4.90 Å². The van der Waals surface area contributed by atoms with Crippen LogP contribution in [0.2, 0.25) is 0 Å². The number of aliphatic carboxylic acids is 1. The molecule has 0 amide bonds. The molecule has 0 unspecified atom stereocenters. The summed E-state index contributed by atoms with van der Waals surface area (Å²) in [7, 11) is 0. The van der Waals surface area contributed by atoms with Gasteiger partial charge in [-0.05, 0) is 50.6 Å². The number of benzene rings is 1. The summed E-state index contributed by atoms with van der Waals surface area (Å²) in [5.74, 6) is -0.728. The number of thioether (sulfide) groups is 1. The van der Waals surface area contributed by atoms with Crippen LogP contribution >= 0.6 is 11.8 Å². The molecule has 0 heterocycles. The SMILES string of the molecule is CSc1ccc(CCC(C)(C)C(=O)O)cc1. The molecule has 0 fully saturated rings. The molecule has 0 saturated carbocycles. The van der Waals surface area contributed by atoms with Crippen LogP contribution in [0, 0.1) is 5.41 Å². The van der Waals surface area contributed by atoms with Crippen molar-refractivity contribution in [3.63, 3.8) is 0 Å². The van der Waals surface area contributed by atoms with E-state index in [4.69, 9.17) is 5.11 Å². The van der Waals surface area contributed by atoms with Crippen LogP contribution in [-0.4, -0.2) is 17.3 Å². The van der Waals surface area contributed by atoms with Gasteiger partial charge in [-0.2, -0.15) is 0 Å². The third-order valence-electron chi connectivity index (χ3n) is 2.78. The number of hydrogen-bond acceptors (Lipinski definition) is 2. The van der Waals surface area contributed by atoms with Gasteiger partial charge in [0.25, 0.3) is 0 Å². The second kappa shape index (κ2) is 5.39. The van der Waals surface area contributed by atoms with E-state index >= 15 is 0 Å². The van der Waals surface area contributed by atoms with Gasteiger partial charge in [-0.25, -0.2) is 0 Å². The normalized spacial score (nSPS) is 11.4. The molecule has 1 N–H and O–H groups in total. The van der Waals surface area contributed by atoms with Crippen molar-refractivity contribution in [1.82, 2.24) is 0 Å². The lowest BCUT2D eigenvalue weighted by atomic mass is 9.86. The van der Waals surface area contributed by atoms with Crippen molar-refractivity contribution in [1.29, 1.82) is 0 Å². The quantitative estimate of drug-likeness (QED) is 0.798. The van der Waals surface area contributed by atoms with Gasteiger partial charge in [0.15, 0.2) is 0 Å². The fourth-order valence-corrected chi connectivity index (χ4v) is 1.76. The van der Waals surface area contributed by atoms with Crippen molar-refractivity contribution in [2.45, 2.75) is 31.6 Å². The molecule has 1 aromatic rings. The first kappa shape index (κ1) is 13.1. The van der Waals surface area contributed by atoms with E-state index in [0.717, 1.165) is 6.42 Å². The molecule has 1 rings (SSSR count). The molecule has 88 valence electrons.